The average molecular weight is 268 g/mol. The van der Waals surface area contributed by atoms with E-state index in [0.717, 1.165) is 5.56 Å². The Labute approximate surface area is 116 Å². The number of aldehydes is 1. The zero-order chi connectivity index (χ0) is 13.9. The zero-order valence-electron chi connectivity index (χ0n) is 10.7. The Morgan fingerprint density at radius 1 is 1.20 bits per heavy atom. The fraction of sp³-hybridized carbons (Fsp3) is 0.125. The van der Waals surface area contributed by atoms with Crippen LogP contribution in [0.25, 0.3) is 0 Å². The van der Waals surface area contributed by atoms with Crippen molar-refractivity contribution in [3.8, 4) is 0 Å². The van der Waals surface area contributed by atoms with Crippen LogP contribution in [-0.4, -0.2) is 18.7 Å². The van der Waals surface area contributed by atoms with Crippen LogP contribution >= 0.6 is 0 Å². The molecule has 1 aromatic rings. The van der Waals surface area contributed by atoms with Crippen molar-refractivity contribution < 1.29 is 19.1 Å². The van der Waals surface area contributed by atoms with Crippen LogP contribution in [0.2, 0.25) is 0 Å². The molecule has 0 saturated heterocycles. The highest BCUT2D eigenvalue weighted by Gasteiger charge is 2.31. The number of hydrogen-bond donors (Lipinski definition) is 0. The molecule has 0 aromatic heterocycles. The van der Waals surface area contributed by atoms with Gasteiger partial charge in [-0.2, -0.15) is 0 Å². The van der Waals surface area contributed by atoms with Crippen LogP contribution in [0.3, 0.4) is 0 Å². The molecule has 0 bridgehead atoms. The summed E-state index contributed by atoms with van der Waals surface area (Å²) in [7, 11) is 0. The largest absolute Gasteiger partial charge is 0.485 e. The summed E-state index contributed by atoms with van der Waals surface area (Å²) in [6.45, 7) is 0.505. The van der Waals surface area contributed by atoms with Crippen molar-refractivity contribution in [2.75, 3.05) is 6.61 Å². The molecule has 0 atom stereocenters. The van der Waals surface area contributed by atoms with Crippen molar-refractivity contribution in [3.63, 3.8) is 0 Å². The van der Waals surface area contributed by atoms with Crippen LogP contribution in [0.15, 0.2) is 65.1 Å². The van der Waals surface area contributed by atoms with Crippen molar-refractivity contribution >= 4 is 12.1 Å². The van der Waals surface area contributed by atoms with Crippen LogP contribution in [0.1, 0.15) is 5.56 Å². The van der Waals surface area contributed by atoms with Gasteiger partial charge in [-0.15, -0.1) is 0 Å². The minimum atomic E-state index is -0.216. The maximum atomic E-state index is 11.8. The molecule has 0 N–H and O–H groups in total. The summed E-state index contributed by atoms with van der Waals surface area (Å²) in [6.07, 6.45) is 3.64. The number of carbonyl (C=O) groups is 2. The lowest BCUT2D eigenvalue weighted by Gasteiger charge is -2.14. The van der Waals surface area contributed by atoms with Gasteiger partial charge in [0.1, 0.15) is 19.5 Å². The van der Waals surface area contributed by atoms with Gasteiger partial charge in [0.15, 0.2) is 17.3 Å². The standard InChI is InChI=1S/C16H12O4/c17-8-12-10-20-16-14(7-6-13(18)15(12)16)19-9-11-4-2-1-3-5-11/h1-8H,9-10H2. The number of ether oxygens (including phenoxy) is 2. The summed E-state index contributed by atoms with van der Waals surface area (Å²) < 4.78 is 11.1. The molecule has 3 rings (SSSR count). The van der Waals surface area contributed by atoms with E-state index in [0.29, 0.717) is 35.6 Å². The van der Waals surface area contributed by atoms with Gasteiger partial charge in [-0.05, 0) is 17.7 Å². The average Bonchev–Trinajstić information content (AvgIpc) is 2.93. The van der Waals surface area contributed by atoms with Crippen molar-refractivity contribution in [2.24, 2.45) is 0 Å². The van der Waals surface area contributed by atoms with Gasteiger partial charge in [0.05, 0.1) is 5.57 Å². The van der Waals surface area contributed by atoms with E-state index in [4.69, 9.17) is 9.47 Å². The van der Waals surface area contributed by atoms with Crippen LogP contribution in [0, 0.1) is 0 Å². The van der Waals surface area contributed by atoms with Crippen LogP contribution < -0.4 is 0 Å². The lowest BCUT2D eigenvalue weighted by molar-refractivity contribution is -0.112. The second kappa shape index (κ2) is 5.17. The van der Waals surface area contributed by atoms with E-state index in [2.05, 4.69) is 0 Å². The summed E-state index contributed by atoms with van der Waals surface area (Å²) >= 11 is 0. The molecule has 0 unspecified atom stereocenters. The highest BCUT2D eigenvalue weighted by molar-refractivity contribution is 6.12. The summed E-state index contributed by atoms with van der Waals surface area (Å²) in [5.74, 6) is 0.641. The summed E-state index contributed by atoms with van der Waals surface area (Å²) in [4.78, 5) is 22.7. The molecule has 0 amide bonds. The van der Waals surface area contributed by atoms with Crippen molar-refractivity contribution in [1.29, 1.82) is 0 Å². The zero-order valence-corrected chi connectivity index (χ0v) is 10.7. The van der Waals surface area contributed by atoms with Gasteiger partial charge in [-0.25, -0.2) is 0 Å². The first-order valence-electron chi connectivity index (χ1n) is 6.24. The SMILES string of the molecule is O=CC1=C2C(=O)C=CC(OCc3ccccc3)=C2OC1. The maximum Gasteiger partial charge on any atom is 0.190 e. The summed E-state index contributed by atoms with van der Waals surface area (Å²) in [6, 6.07) is 9.69. The topological polar surface area (TPSA) is 52.6 Å². The Kier molecular flexibility index (Phi) is 3.21. The molecule has 1 aromatic carbocycles. The molecule has 0 fully saturated rings. The van der Waals surface area contributed by atoms with Gasteiger partial charge in [0.25, 0.3) is 0 Å². The van der Waals surface area contributed by atoms with E-state index < -0.39 is 0 Å². The molecule has 0 radical (unpaired) electrons. The Morgan fingerprint density at radius 2 is 2.00 bits per heavy atom. The molecule has 20 heavy (non-hydrogen) atoms. The maximum absolute atomic E-state index is 11.8. The molecule has 0 spiro atoms. The van der Waals surface area contributed by atoms with Gasteiger partial charge >= 0.3 is 0 Å². The second-order valence-electron chi connectivity index (χ2n) is 4.47. The first-order chi connectivity index (χ1) is 9.79. The van der Waals surface area contributed by atoms with Crippen LogP contribution in [-0.2, 0) is 25.7 Å². The fourth-order valence-corrected chi connectivity index (χ4v) is 2.16. The monoisotopic (exact) mass is 268 g/mol. The van der Waals surface area contributed by atoms with Crippen molar-refractivity contribution in [2.45, 2.75) is 6.61 Å². The number of benzene rings is 1. The van der Waals surface area contributed by atoms with E-state index in [9.17, 15) is 9.59 Å². The van der Waals surface area contributed by atoms with E-state index in [1.54, 1.807) is 6.08 Å². The molecule has 100 valence electrons. The van der Waals surface area contributed by atoms with E-state index in [1.165, 1.54) is 6.08 Å². The third kappa shape index (κ3) is 2.16. The van der Waals surface area contributed by atoms with E-state index >= 15 is 0 Å². The Balaban J connectivity index is 1.85. The first kappa shape index (κ1) is 12.4. The molecule has 0 saturated carbocycles. The summed E-state index contributed by atoms with van der Waals surface area (Å²) in [5, 5.41) is 0. The molecule has 1 aliphatic heterocycles. The quantitative estimate of drug-likeness (QED) is 0.784. The molecule has 1 aliphatic carbocycles. The number of fused-ring (bicyclic) bond motifs is 1. The van der Waals surface area contributed by atoms with Gasteiger partial charge in [0.2, 0.25) is 0 Å². The number of hydrogen-bond acceptors (Lipinski definition) is 4. The molecule has 1 heterocycles. The minimum absolute atomic E-state index is 0.125. The van der Waals surface area contributed by atoms with Crippen molar-refractivity contribution in [1.82, 2.24) is 0 Å². The smallest absolute Gasteiger partial charge is 0.190 e. The van der Waals surface area contributed by atoms with Crippen molar-refractivity contribution in [3.05, 3.63) is 70.7 Å². The lowest BCUT2D eigenvalue weighted by Crippen LogP contribution is -2.10. The Hall–Kier alpha value is -2.62. The fourth-order valence-electron chi connectivity index (χ4n) is 2.16. The lowest BCUT2D eigenvalue weighted by atomic mass is 10.0. The predicted molar refractivity (Wildman–Crippen MR) is 71.4 cm³/mol. The van der Waals surface area contributed by atoms with Gasteiger partial charge in [-0.1, -0.05) is 30.3 Å². The van der Waals surface area contributed by atoms with E-state index in [1.807, 2.05) is 30.3 Å². The molecule has 4 nitrogen and oxygen atoms in total. The Bertz CT molecular complexity index is 650. The number of ketones is 1. The second-order valence-corrected chi connectivity index (χ2v) is 4.47. The normalized spacial score (nSPS) is 17.1. The highest BCUT2D eigenvalue weighted by atomic mass is 16.5. The minimum Gasteiger partial charge on any atom is -0.485 e. The third-order valence-electron chi connectivity index (χ3n) is 3.16. The van der Waals surface area contributed by atoms with Crippen LogP contribution in [0.5, 0.6) is 0 Å². The Morgan fingerprint density at radius 3 is 2.75 bits per heavy atom. The first-order valence-corrected chi connectivity index (χ1v) is 6.24. The summed E-state index contributed by atoms with van der Waals surface area (Å²) in [5.41, 5.74) is 1.71. The number of carbonyl (C=O) groups excluding carboxylic acids is 2. The molecule has 4 heteroatoms. The van der Waals surface area contributed by atoms with Gasteiger partial charge in [-0.3, -0.25) is 9.59 Å². The van der Waals surface area contributed by atoms with Gasteiger partial charge in [0, 0.05) is 5.57 Å². The number of rotatable bonds is 4. The van der Waals surface area contributed by atoms with E-state index in [-0.39, 0.29) is 12.4 Å². The van der Waals surface area contributed by atoms with Gasteiger partial charge < -0.3 is 9.47 Å². The molecular weight excluding hydrogens is 256 g/mol. The molecule has 2 aliphatic rings. The number of allylic oxidation sites excluding steroid dienone is 3. The van der Waals surface area contributed by atoms with Crippen LogP contribution in [0.4, 0.5) is 0 Å². The highest BCUT2D eigenvalue weighted by Crippen LogP contribution is 2.32. The molecular formula is C16H12O4. The predicted octanol–water partition coefficient (Wildman–Crippen LogP) is 2.08. The third-order valence-corrected chi connectivity index (χ3v) is 3.16.